The zero-order valence-electron chi connectivity index (χ0n) is 16.9. The molecule has 2 aliphatic heterocycles. The van der Waals surface area contributed by atoms with Crippen molar-refractivity contribution in [3.8, 4) is 17.2 Å². The van der Waals surface area contributed by atoms with Crippen molar-refractivity contribution in [1.29, 1.82) is 5.41 Å². The molecule has 0 aromatic heterocycles. The predicted octanol–water partition coefficient (Wildman–Crippen LogP) is 3.06. The quantitative estimate of drug-likeness (QED) is 0.548. The molecule has 8 heteroatoms. The van der Waals surface area contributed by atoms with Gasteiger partial charge in [0.15, 0.2) is 17.2 Å². The van der Waals surface area contributed by atoms with Crippen molar-refractivity contribution in [1.82, 2.24) is 4.90 Å². The summed E-state index contributed by atoms with van der Waals surface area (Å²) < 4.78 is 11.5. The first kappa shape index (κ1) is 19.4. The van der Waals surface area contributed by atoms with Crippen LogP contribution < -0.4 is 24.6 Å². The molecule has 0 amide bonds. The maximum Gasteiger partial charge on any atom is 0.173 e. The second-order valence-corrected chi connectivity index (χ2v) is 7.26. The lowest BCUT2D eigenvalue weighted by Gasteiger charge is -2.33. The molecule has 154 valence electrons. The summed E-state index contributed by atoms with van der Waals surface area (Å²) in [6, 6.07) is 9.50. The van der Waals surface area contributed by atoms with E-state index in [1.54, 1.807) is 7.11 Å². The van der Waals surface area contributed by atoms with Crippen LogP contribution in [0, 0.1) is 5.41 Å². The van der Waals surface area contributed by atoms with Crippen LogP contribution in [0.15, 0.2) is 30.3 Å². The number of ether oxygens (including phenoxy) is 2. The van der Waals surface area contributed by atoms with Gasteiger partial charge in [0.25, 0.3) is 0 Å². The molecule has 0 radical (unpaired) electrons. The molecule has 0 spiro atoms. The lowest BCUT2D eigenvalue weighted by molar-refractivity contribution is -0.194. The van der Waals surface area contributed by atoms with Crippen molar-refractivity contribution in [3.05, 3.63) is 41.5 Å². The van der Waals surface area contributed by atoms with Crippen molar-refractivity contribution >= 4 is 17.2 Å². The summed E-state index contributed by atoms with van der Waals surface area (Å²) in [5.41, 5.74) is 3.45. The third-order valence-electron chi connectivity index (χ3n) is 5.01. The number of hydrogen-bond donors (Lipinski definition) is 2. The van der Waals surface area contributed by atoms with Gasteiger partial charge in [-0.15, -0.1) is 0 Å². The van der Waals surface area contributed by atoms with E-state index in [2.05, 4.69) is 10.2 Å². The first-order chi connectivity index (χ1) is 14.1. The molecule has 2 aromatic rings. The Hall–Kier alpha value is -2.97. The Morgan fingerprint density at radius 1 is 1.24 bits per heavy atom. The second kappa shape index (κ2) is 8.18. The van der Waals surface area contributed by atoms with E-state index in [1.165, 1.54) is 0 Å². The van der Waals surface area contributed by atoms with E-state index < -0.39 is 0 Å². The van der Waals surface area contributed by atoms with Crippen LogP contribution in [0.2, 0.25) is 0 Å². The highest BCUT2D eigenvalue weighted by Gasteiger charge is 2.28. The Balaban J connectivity index is 1.57. The van der Waals surface area contributed by atoms with Gasteiger partial charge >= 0.3 is 0 Å². The molecule has 0 fully saturated rings. The molecule has 0 saturated heterocycles. The number of benzene rings is 2. The Morgan fingerprint density at radius 2 is 2.10 bits per heavy atom. The van der Waals surface area contributed by atoms with Crippen LogP contribution in [0.5, 0.6) is 17.2 Å². The zero-order chi connectivity index (χ0) is 20.4. The Labute approximate surface area is 170 Å². The molecule has 2 aromatic carbocycles. The average molecular weight is 398 g/mol. The topological polar surface area (TPSA) is 79.3 Å². The van der Waals surface area contributed by atoms with Crippen LogP contribution in [-0.4, -0.2) is 51.8 Å². The number of nitrogens with one attached hydrogen (secondary N) is 2. The van der Waals surface area contributed by atoms with Crippen LogP contribution in [0.3, 0.4) is 0 Å². The van der Waals surface area contributed by atoms with Gasteiger partial charge in [0.2, 0.25) is 0 Å². The van der Waals surface area contributed by atoms with Crippen LogP contribution in [-0.2, 0) is 11.5 Å². The highest BCUT2D eigenvalue weighted by atomic mass is 17.2. The van der Waals surface area contributed by atoms with E-state index >= 15 is 0 Å². The second-order valence-electron chi connectivity index (χ2n) is 7.26. The third-order valence-corrected chi connectivity index (χ3v) is 5.01. The van der Waals surface area contributed by atoms with Crippen LogP contribution in [0.4, 0.5) is 11.4 Å². The lowest BCUT2D eigenvalue weighted by atomic mass is 10.1. The van der Waals surface area contributed by atoms with Gasteiger partial charge in [0.05, 0.1) is 37.3 Å². The number of anilines is 2. The van der Waals surface area contributed by atoms with Crippen LogP contribution >= 0.6 is 0 Å². The minimum Gasteiger partial charge on any atom is -0.493 e. The van der Waals surface area contributed by atoms with Crippen molar-refractivity contribution in [3.63, 3.8) is 0 Å². The highest BCUT2D eigenvalue weighted by Crippen LogP contribution is 2.39. The lowest BCUT2D eigenvalue weighted by Crippen LogP contribution is -2.40. The standard InChI is InChI=1S/C21H26N4O4/c1-24(2)8-5-9-27-20-11-16-14(10-19(20)26-3)21(22)25(13-23-16)17-6-4-7-18-15(17)12-28-29-18/h4,6-7,10-11,22-23H,5,8-9,12-13H2,1-3H3. The fourth-order valence-corrected chi connectivity index (χ4v) is 3.51. The minimum absolute atomic E-state index is 0.366. The van der Waals surface area contributed by atoms with E-state index in [9.17, 15) is 0 Å². The first-order valence-electron chi connectivity index (χ1n) is 9.59. The maximum absolute atomic E-state index is 8.79. The van der Waals surface area contributed by atoms with Crippen LogP contribution in [0.1, 0.15) is 17.5 Å². The largest absolute Gasteiger partial charge is 0.493 e. The monoisotopic (exact) mass is 398 g/mol. The van der Waals surface area contributed by atoms with Gasteiger partial charge in [-0.2, -0.15) is 4.89 Å². The number of amidine groups is 1. The molecule has 4 rings (SSSR count). The van der Waals surface area contributed by atoms with Gasteiger partial charge in [-0.05, 0) is 38.7 Å². The average Bonchev–Trinajstić information content (AvgIpc) is 3.20. The number of rotatable bonds is 7. The van der Waals surface area contributed by atoms with Gasteiger partial charge in [-0.1, -0.05) is 6.07 Å². The number of hydrogen-bond acceptors (Lipinski definition) is 7. The van der Waals surface area contributed by atoms with E-state index in [1.807, 2.05) is 49.3 Å². The molecule has 0 saturated carbocycles. The predicted molar refractivity (Wildman–Crippen MR) is 111 cm³/mol. The van der Waals surface area contributed by atoms with Crippen molar-refractivity contribution in [2.24, 2.45) is 0 Å². The summed E-state index contributed by atoms with van der Waals surface area (Å²) in [5.74, 6) is 2.38. The molecule has 8 nitrogen and oxygen atoms in total. The summed E-state index contributed by atoms with van der Waals surface area (Å²) in [4.78, 5) is 14.3. The molecule has 29 heavy (non-hydrogen) atoms. The van der Waals surface area contributed by atoms with Crippen LogP contribution in [0.25, 0.3) is 0 Å². The molecule has 2 heterocycles. The van der Waals surface area contributed by atoms with Crippen molar-refractivity contribution in [2.45, 2.75) is 13.0 Å². The van der Waals surface area contributed by atoms with Gasteiger partial charge in [-0.3, -0.25) is 5.41 Å². The van der Waals surface area contributed by atoms with Gasteiger partial charge < -0.3 is 29.5 Å². The van der Waals surface area contributed by atoms with Gasteiger partial charge in [-0.25, -0.2) is 0 Å². The molecule has 0 aliphatic carbocycles. The fraction of sp³-hybridized carbons (Fsp3) is 0.381. The van der Waals surface area contributed by atoms with Crippen molar-refractivity contribution < 1.29 is 19.2 Å². The summed E-state index contributed by atoms with van der Waals surface area (Å²) in [7, 11) is 5.70. The van der Waals surface area contributed by atoms with Gasteiger partial charge in [0.1, 0.15) is 12.4 Å². The maximum atomic E-state index is 8.79. The number of fused-ring (bicyclic) bond motifs is 2. The Morgan fingerprint density at radius 3 is 2.90 bits per heavy atom. The van der Waals surface area contributed by atoms with Gasteiger partial charge in [0, 0.05) is 18.2 Å². The zero-order valence-corrected chi connectivity index (χ0v) is 16.9. The number of methoxy groups -OCH3 is 1. The molecule has 0 bridgehead atoms. The van der Waals surface area contributed by atoms with E-state index in [0.717, 1.165) is 35.5 Å². The SMILES string of the molecule is COc1cc2c(cc1OCCCN(C)C)NCN(c1cccc3c1COO3)C2=N. The Kier molecular flexibility index (Phi) is 5.46. The molecule has 2 aliphatic rings. The van der Waals surface area contributed by atoms with E-state index in [0.29, 0.717) is 43.0 Å². The molecular formula is C21H26N4O4. The summed E-state index contributed by atoms with van der Waals surface area (Å²) in [6.45, 7) is 2.40. The fourth-order valence-electron chi connectivity index (χ4n) is 3.51. The molecule has 0 unspecified atom stereocenters. The normalized spacial score (nSPS) is 14.9. The number of nitrogens with zero attached hydrogens (tertiary/aromatic N) is 2. The highest BCUT2D eigenvalue weighted by molar-refractivity contribution is 6.14. The summed E-state index contributed by atoms with van der Waals surface area (Å²) >= 11 is 0. The summed E-state index contributed by atoms with van der Waals surface area (Å²) in [6.07, 6.45) is 0.924. The van der Waals surface area contributed by atoms with Crippen molar-refractivity contribution in [2.75, 3.05) is 51.2 Å². The third kappa shape index (κ3) is 3.81. The molecular weight excluding hydrogens is 372 g/mol. The molecule has 2 N–H and O–H groups in total. The van der Waals surface area contributed by atoms with E-state index in [4.69, 9.17) is 24.7 Å². The Bertz CT molecular complexity index is 916. The van der Waals surface area contributed by atoms with E-state index in [-0.39, 0.29) is 0 Å². The minimum atomic E-state index is 0.366. The summed E-state index contributed by atoms with van der Waals surface area (Å²) in [5, 5.41) is 12.2. The molecule has 0 atom stereocenters. The first-order valence-corrected chi connectivity index (χ1v) is 9.59. The smallest absolute Gasteiger partial charge is 0.173 e.